The van der Waals surface area contributed by atoms with Crippen LogP contribution in [0.1, 0.15) is 52.0 Å². The molecule has 86 valence electrons. The first kappa shape index (κ1) is 12.2. The molecule has 0 aliphatic rings. The Morgan fingerprint density at radius 3 is 2.73 bits per heavy atom. The summed E-state index contributed by atoms with van der Waals surface area (Å²) < 4.78 is 2.05. The Hall–Kier alpha value is -0.830. The second-order valence-electron chi connectivity index (χ2n) is 4.47. The lowest BCUT2D eigenvalue weighted by Gasteiger charge is -2.13. The molecule has 0 aliphatic carbocycles. The van der Waals surface area contributed by atoms with Crippen molar-refractivity contribution in [3.8, 4) is 0 Å². The molecule has 0 aliphatic heterocycles. The van der Waals surface area contributed by atoms with Crippen molar-refractivity contribution in [2.45, 2.75) is 52.7 Å². The van der Waals surface area contributed by atoms with Gasteiger partial charge in [0.15, 0.2) is 0 Å². The summed E-state index contributed by atoms with van der Waals surface area (Å²) in [5.74, 6) is 1.45. The largest absolute Gasteiger partial charge is 0.385 e. The van der Waals surface area contributed by atoms with E-state index in [0.717, 1.165) is 31.6 Å². The molecule has 0 spiro atoms. The maximum Gasteiger partial charge on any atom is 0.137 e. The second-order valence-corrected chi connectivity index (χ2v) is 4.47. The van der Waals surface area contributed by atoms with E-state index in [9.17, 15) is 5.11 Å². The Labute approximate surface area is 92.1 Å². The van der Waals surface area contributed by atoms with E-state index in [1.165, 1.54) is 0 Å². The maximum atomic E-state index is 9.98. The molecule has 0 aromatic carbocycles. The SMILES string of the molecule is CCCn1ccnc1C(O)CCC(C)C. The molecular weight excluding hydrogens is 188 g/mol. The molecule has 1 unspecified atom stereocenters. The zero-order valence-corrected chi connectivity index (χ0v) is 9.98. The summed E-state index contributed by atoms with van der Waals surface area (Å²) in [5, 5.41) is 9.98. The normalized spacial score (nSPS) is 13.4. The quantitative estimate of drug-likeness (QED) is 0.784. The number of hydrogen-bond acceptors (Lipinski definition) is 2. The fourth-order valence-corrected chi connectivity index (χ4v) is 1.67. The average molecular weight is 210 g/mol. The number of aromatic nitrogens is 2. The number of aliphatic hydroxyl groups is 1. The Balaban J connectivity index is 2.56. The predicted molar refractivity (Wildman–Crippen MR) is 61.5 cm³/mol. The molecule has 0 fully saturated rings. The van der Waals surface area contributed by atoms with E-state index < -0.39 is 6.10 Å². The smallest absolute Gasteiger partial charge is 0.137 e. The molecule has 0 radical (unpaired) electrons. The van der Waals surface area contributed by atoms with Crippen LogP contribution in [0, 0.1) is 5.92 Å². The third-order valence-electron chi connectivity index (χ3n) is 2.53. The molecule has 1 rings (SSSR count). The molecule has 3 nitrogen and oxygen atoms in total. The van der Waals surface area contributed by atoms with Crippen LogP contribution in [0.25, 0.3) is 0 Å². The monoisotopic (exact) mass is 210 g/mol. The van der Waals surface area contributed by atoms with E-state index in [2.05, 4.69) is 25.8 Å². The van der Waals surface area contributed by atoms with E-state index in [-0.39, 0.29) is 0 Å². The summed E-state index contributed by atoms with van der Waals surface area (Å²) in [4.78, 5) is 4.23. The lowest BCUT2D eigenvalue weighted by atomic mass is 10.0. The topological polar surface area (TPSA) is 38.0 Å². The lowest BCUT2D eigenvalue weighted by Crippen LogP contribution is -2.09. The van der Waals surface area contributed by atoms with Gasteiger partial charge < -0.3 is 9.67 Å². The van der Waals surface area contributed by atoms with Gasteiger partial charge in [0.2, 0.25) is 0 Å². The zero-order valence-electron chi connectivity index (χ0n) is 9.98. The molecule has 3 heteroatoms. The van der Waals surface area contributed by atoms with Crippen LogP contribution in [0.2, 0.25) is 0 Å². The Kier molecular flexibility index (Phi) is 4.82. The van der Waals surface area contributed by atoms with Gasteiger partial charge in [-0.2, -0.15) is 0 Å². The number of rotatable bonds is 6. The average Bonchev–Trinajstić information content (AvgIpc) is 2.63. The van der Waals surface area contributed by atoms with Crippen molar-refractivity contribution in [3.05, 3.63) is 18.2 Å². The molecule has 1 aromatic heterocycles. The summed E-state index contributed by atoms with van der Waals surface area (Å²) in [5.41, 5.74) is 0. The third-order valence-corrected chi connectivity index (χ3v) is 2.53. The van der Waals surface area contributed by atoms with Gasteiger partial charge in [0.25, 0.3) is 0 Å². The first-order chi connectivity index (χ1) is 7.15. The molecule has 0 saturated heterocycles. The molecule has 0 amide bonds. The van der Waals surface area contributed by atoms with E-state index in [4.69, 9.17) is 0 Å². The fraction of sp³-hybridized carbons (Fsp3) is 0.750. The van der Waals surface area contributed by atoms with Crippen LogP contribution in [-0.2, 0) is 6.54 Å². The van der Waals surface area contributed by atoms with E-state index >= 15 is 0 Å². The highest BCUT2D eigenvalue weighted by Gasteiger charge is 2.13. The Morgan fingerprint density at radius 2 is 2.13 bits per heavy atom. The van der Waals surface area contributed by atoms with Crippen molar-refractivity contribution in [1.29, 1.82) is 0 Å². The summed E-state index contributed by atoms with van der Waals surface area (Å²) >= 11 is 0. The second kappa shape index (κ2) is 5.91. The Morgan fingerprint density at radius 1 is 1.40 bits per heavy atom. The third kappa shape index (κ3) is 3.67. The van der Waals surface area contributed by atoms with Gasteiger partial charge in [-0.1, -0.05) is 20.8 Å². The highest BCUT2D eigenvalue weighted by molar-refractivity contribution is 4.96. The minimum atomic E-state index is -0.408. The van der Waals surface area contributed by atoms with Gasteiger partial charge in [-0.15, -0.1) is 0 Å². The zero-order chi connectivity index (χ0) is 11.3. The van der Waals surface area contributed by atoms with Gasteiger partial charge in [-0.05, 0) is 25.2 Å². The number of imidazole rings is 1. The van der Waals surface area contributed by atoms with E-state index in [1.54, 1.807) is 6.20 Å². The summed E-state index contributed by atoms with van der Waals surface area (Å²) in [7, 11) is 0. The van der Waals surface area contributed by atoms with Crippen molar-refractivity contribution in [2.75, 3.05) is 0 Å². The standard InChI is InChI=1S/C12H22N2O/c1-4-8-14-9-7-13-12(14)11(15)6-5-10(2)3/h7,9-11,15H,4-6,8H2,1-3H3. The van der Waals surface area contributed by atoms with Crippen molar-refractivity contribution >= 4 is 0 Å². The first-order valence-electron chi connectivity index (χ1n) is 5.84. The molecule has 15 heavy (non-hydrogen) atoms. The van der Waals surface area contributed by atoms with Gasteiger partial charge in [-0.25, -0.2) is 4.98 Å². The number of hydrogen-bond donors (Lipinski definition) is 1. The van der Waals surface area contributed by atoms with Gasteiger partial charge in [0.05, 0.1) is 0 Å². The molecule has 1 heterocycles. The van der Waals surface area contributed by atoms with Crippen LogP contribution < -0.4 is 0 Å². The van der Waals surface area contributed by atoms with Crippen LogP contribution in [0.3, 0.4) is 0 Å². The van der Waals surface area contributed by atoms with Gasteiger partial charge in [-0.3, -0.25) is 0 Å². The number of nitrogens with zero attached hydrogens (tertiary/aromatic N) is 2. The number of aryl methyl sites for hydroxylation is 1. The van der Waals surface area contributed by atoms with Gasteiger partial charge >= 0.3 is 0 Å². The Bertz CT molecular complexity index is 281. The molecule has 1 aromatic rings. The predicted octanol–water partition coefficient (Wildman–Crippen LogP) is 2.76. The van der Waals surface area contributed by atoms with Crippen molar-refractivity contribution in [3.63, 3.8) is 0 Å². The van der Waals surface area contributed by atoms with Crippen LogP contribution in [0.5, 0.6) is 0 Å². The minimum Gasteiger partial charge on any atom is -0.385 e. The first-order valence-corrected chi connectivity index (χ1v) is 5.84. The molecule has 1 atom stereocenters. The summed E-state index contributed by atoms with van der Waals surface area (Å²) in [6.07, 6.45) is 6.22. The number of aliphatic hydroxyl groups excluding tert-OH is 1. The van der Waals surface area contributed by atoms with Crippen LogP contribution >= 0.6 is 0 Å². The van der Waals surface area contributed by atoms with Crippen LogP contribution in [0.15, 0.2) is 12.4 Å². The molecule has 0 bridgehead atoms. The molecule has 0 saturated carbocycles. The maximum absolute atomic E-state index is 9.98. The van der Waals surface area contributed by atoms with E-state index in [0.29, 0.717) is 5.92 Å². The summed E-state index contributed by atoms with van der Waals surface area (Å²) in [6.45, 7) is 7.41. The molecular formula is C12H22N2O. The van der Waals surface area contributed by atoms with Crippen molar-refractivity contribution in [1.82, 2.24) is 9.55 Å². The highest BCUT2D eigenvalue weighted by Crippen LogP contribution is 2.19. The molecule has 1 N–H and O–H groups in total. The van der Waals surface area contributed by atoms with E-state index in [1.807, 2.05) is 10.8 Å². The van der Waals surface area contributed by atoms with Crippen molar-refractivity contribution in [2.24, 2.45) is 5.92 Å². The van der Waals surface area contributed by atoms with Crippen LogP contribution in [-0.4, -0.2) is 14.7 Å². The lowest BCUT2D eigenvalue weighted by molar-refractivity contribution is 0.145. The highest BCUT2D eigenvalue weighted by atomic mass is 16.3. The van der Waals surface area contributed by atoms with Gasteiger partial charge in [0, 0.05) is 18.9 Å². The summed E-state index contributed by atoms with van der Waals surface area (Å²) in [6, 6.07) is 0. The van der Waals surface area contributed by atoms with Gasteiger partial charge in [0.1, 0.15) is 11.9 Å². The fourth-order valence-electron chi connectivity index (χ4n) is 1.67. The minimum absolute atomic E-state index is 0.408. The van der Waals surface area contributed by atoms with Crippen LogP contribution in [0.4, 0.5) is 0 Å². The van der Waals surface area contributed by atoms with Crippen molar-refractivity contribution < 1.29 is 5.11 Å².